The van der Waals surface area contributed by atoms with Gasteiger partial charge in [0.2, 0.25) is 8.32 Å². The molecule has 0 aromatic heterocycles. The first kappa shape index (κ1) is 28.2. The molecule has 0 bridgehead atoms. The number of aliphatic hydroxyl groups is 1. The van der Waals surface area contributed by atoms with E-state index < -0.39 is 41.3 Å². The fourth-order valence-corrected chi connectivity index (χ4v) is 17.4. The van der Waals surface area contributed by atoms with Crippen molar-refractivity contribution in [3.05, 3.63) is 0 Å². The van der Waals surface area contributed by atoms with Crippen molar-refractivity contribution in [3.63, 3.8) is 0 Å². The smallest absolute Gasteiger partial charge is 0.201 e. The lowest BCUT2D eigenvalue weighted by Crippen LogP contribution is -2.55. The van der Waals surface area contributed by atoms with E-state index in [0.717, 1.165) is 0 Å². The van der Waals surface area contributed by atoms with Gasteiger partial charge in [-0.3, -0.25) is 0 Å². The molecule has 0 aromatic carbocycles. The molecular formula is C23H49FO4Si2. The molecule has 1 saturated heterocycles. The summed E-state index contributed by atoms with van der Waals surface area (Å²) >= 11 is 0. The van der Waals surface area contributed by atoms with Crippen molar-refractivity contribution in [2.45, 2.75) is 141 Å². The Balaban J connectivity index is 3.20. The van der Waals surface area contributed by atoms with Crippen molar-refractivity contribution in [3.8, 4) is 0 Å². The summed E-state index contributed by atoms with van der Waals surface area (Å²) in [4.78, 5) is 0. The maximum absolute atomic E-state index is 15.1. The fourth-order valence-electron chi connectivity index (χ4n) is 6.34. The molecule has 1 aliphatic heterocycles. The van der Waals surface area contributed by atoms with Crippen LogP contribution in [0.2, 0.25) is 33.2 Å². The highest BCUT2D eigenvalue weighted by atomic mass is 28.4. The maximum atomic E-state index is 15.1. The number of hydrogen-bond acceptors (Lipinski definition) is 4. The van der Waals surface area contributed by atoms with E-state index in [2.05, 4.69) is 83.1 Å². The van der Waals surface area contributed by atoms with Crippen LogP contribution in [0.3, 0.4) is 0 Å². The molecular weight excluding hydrogens is 415 g/mol. The molecule has 0 spiro atoms. The van der Waals surface area contributed by atoms with Crippen molar-refractivity contribution >= 4 is 16.6 Å². The first-order chi connectivity index (χ1) is 13.7. The zero-order valence-corrected chi connectivity index (χ0v) is 23.5. The third-order valence-corrected chi connectivity index (χ3v) is 19.7. The van der Waals surface area contributed by atoms with E-state index in [4.69, 9.17) is 13.6 Å². The average Bonchev–Trinajstić information content (AvgIpc) is 2.85. The van der Waals surface area contributed by atoms with Crippen LogP contribution < -0.4 is 0 Å². The quantitative estimate of drug-likeness (QED) is 0.342. The number of halogens is 1. The second kappa shape index (κ2) is 10.9. The fraction of sp³-hybridized carbons (Fsp3) is 1.00. The highest BCUT2D eigenvalue weighted by Crippen LogP contribution is 2.46. The topological polar surface area (TPSA) is 47.9 Å². The van der Waals surface area contributed by atoms with Gasteiger partial charge in [-0.2, -0.15) is 0 Å². The van der Waals surface area contributed by atoms with Crippen molar-refractivity contribution in [2.75, 3.05) is 6.61 Å². The van der Waals surface area contributed by atoms with Gasteiger partial charge in [0.05, 0.1) is 6.61 Å². The molecule has 1 unspecified atom stereocenters. The van der Waals surface area contributed by atoms with Gasteiger partial charge in [0, 0.05) is 0 Å². The Hall–Kier alpha value is 0.204. The van der Waals surface area contributed by atoms with E-state index in [1.165, 1.54) is 0 Å². The Morgan fingerprint density at radius 1 is 0.733 bits per heavy atom. The van der Waals surface area contributed by atoms with Crippen LogP contribution in [0.4, 0.5) is 4.39 Å². The molecule has 1 N–H and O–H groups in total. The highest BCUT2D eigenvalue weighted by molar-refractivity contribution is 6.78. The molecule has 1 fully saturated rings. The Morgan fingerprint density at radius 3 is 1.43 bits per heavy atom. The SMILES string of the molecule is CC(C)[Si](OC[C@H]1OC(O)[C@@H](F)[C@@H]1O[Si](C(C)C)(C(C)C)C(C)C)(C(C)C)C(C)C. The molecule has 0 aliphatic carbocycles. The first-order valence-electron chi connectivity index (χ1n) is 11.9. The summed E-state index contributed by atoms with van der Waals surface area (Å²) < 4.78 is 34.2. The van der Waals surface area contributed by atoms with Crippen molar-refractivity contribution < 1.29 is 23.1 Å². The van der Waals surface area contributed by atoms with E-state index in [1.807, 2.05) is 0 Å². The van der Waals surface area contributed by atoms with E-state index in [9.17, 15) is 5.11 Å². The van der Waals surface area contributed by atoms with Gasteiger partial charge in [-0.1, -0.05) is 83.1 Å². The van der Waals surface area contributed by atoms with Crippen molar-refractivity contribution in [2.24, 2.45) is 0 Å². The van der Waals surface area contributed by atoms with Gasteiger partial charge in [-0.25, -0.2) is 4.39 Å². The summed E-state index contributed by atoms with van der Waals surface area (Å²) in [6.45, 7) is 26.8. The zero-order chi connectivity index (χ0) is 23.6. The number of alkyl halides is 1. The summed E-state index contributed by atoms with van der Waals surface area (Å²) in [5.74, 6) is 0. The van der Waals surface area contributed by atoms with Gasteiger partial charge in [0.15, 0.2) is 20.8 Å². The standard InChI is InChI=1S/C23H49FO4Si2/c1-14(2)29(15(3)4,16(5)6)26-13-20-22(21(24)23(25)27-20)28-30(17(7)8,18(9)10)19(11)12/h14-23,25H,13H2,1-12H3/t20-,21+,22-,23?/m1/s1. The lowest BCUT2D eigenvalue weighted by atomic mass is 10.2. The summed E-state index contributed by atoms with van der Waals surface area (Å²) in [5, 5.41) is 10.2. The van der Waals surface area contributed by atoms with Crippen molar-refractivity contribution in [1.82, 2.24) is 0 Å². The van der Waals surface area contributed by atoms with Crippen LogP contribution in [0.25, 0.3) is 0 Å². The summed E-state index contributed by atoms with van der Waals surface area (Å²) in [5.41, 5.74) is 2.29. The van der Waals surface area contributed by atoms with E-state index >= 15 is 4.39 Å². The Labute approximate surface area is 187 Å². The number of aliphatic hydroxyl groups excluding tert-OH is 1. The first-order valence-corrected chi connectivity index (χ1v) is 16.2. The van der Waals surface area contributed by atoms with Crippen LogP contribution in [-0.4, -0.2) is 53.0 Å². The second-order valence-electron chi connectivity index (χ2n) is 11.0. The lowest BCUT2D eigenvalue weighted by Gasteiger charge is -2.46. The lowest BCUT2D eigenvalue weighted by molar-refractivity contribution is -0.119. The number of rotatable bonds is 11. The second-order valence-corrected chi connectivity index (χ2v) is 21.9. The van der Waals surface area contributed by atoms with Crippen LogP contribution in [-0.2, 0) is 13.6 Å². The van der Waals surface area contributed by atoms with Crippen LogP contribution in [0.1, 0.15) is 83.1 Å². The van der Waals surface area contributed by atoms with Gasteiger partial charge >= 0.3 is 0 Å². The zero-order valence-electron chi connectivity index (χ0n) is 21.5. The van der Waals surface area contributed by atoms with Crippen LogP contribution in [0, 0.1) is 0 Å². The summed E-state index contributed by atoms with van der Waals surface area (Å²) in [6.07, 6.45) is -4.36. The van der Waals surface area contributed by atoms with Gasteiger partial charge < -0.3 is 18.7 Å². The minimum absolute atomic E-state index is 0.279. The molecule has 4 nitrogen and oxygen atoms in total. The van der Waals surface area contributed by atoms with Gasteiger partial charge in [0.25, 0.3) is 0 Å². The molecule has 0 radical (unpaired) electrons. The number of ether oxygens (including phenoxy) is 1. The van der Waals surface area contributed by atoms with Crippen LogP contribution in [0.15, 0.2) is 0 Å². The minimum Gasteiger partial charge on any atom is -0.413 e. The van der Waals surface area contributed by atoms with E-state index in [0.29, 0.717) is 33.2 Å². The molecule has 0 aromatic rings. The maximum Gasteiger partial charge on any atom is 0.201 e. The molecule has 1 rings (SSSR count). The molecule has 1 aliphatic rings. The predicted octanol–water partition coefficient (Wildman–Crippen LogP) is 6.79. The van der Waals surface area contributed by atoms with E-state index in [-0.39, 0.29) is 6.61 Å². The largest absolute Gasteiger partial charge is 0.413 e. The molecule has 4 atom stereocenters. The third kappa shape index (κ3) is 5.22. The monoisotopic (exact) mass is 464 g/mol. The predicted molar refractivity (Wildman–Crippen MR) is 129 cm³/mol. The Kier molecular flexibility index (Phi) is 10.2. The molecule has 0 amide bonds. The average molecular weight is 465 g/mol. The molecule has 30 heavy (non-hydrogen) atoms. The summed E-state index contributed by atoms with van der Waals surface area (Å²) in [7, 11) is -4.44. The Morgan fingerprint density at radius 2 is 1.10 bits per heavy atom. The van der Waals surface area contributed by atoms with Gasteiger partial charge in [-0.15, -0.1) is 0 Å². The minimum atomic E-state index is -2.32. The highest BCUT2D eigenvalue weighted by Gasteiger charge is 2.54. The third-order valence-electron chi connectivity index (χ3n) is 7.52. The van der Waals surface area contributed by atoms with Crippen molar-refractivity contribution in [1.29, 1.82) is 0 Å². The van der Waals surface area contributed by atoms with Gasteiger partial charge in [0.1, 0.15) is 12.2 Å². The van der Waals surface area contributed by atoms with Gasteiger partial charge in [-0.05, 0) is 33.2 Å². The molecule has 1 heterocycles. The Bertz CT molecular complexity index is 482. The molecule has 0 saturated carbocycles. The van der Waals surface area contributed by atoms with Crippen LogP contribution >= 0.6 is 0 Å². The summed E-state index contributed by atoms with van der Waals surface area (Å²) in [6, 6.07) is 0. The van der Waals surface area contributed by atoms with E-state index in [1.54, 1.807) is 0 Å². The molecule has 7 heteroatoms. The van der Waals surface area contributed by atoms with Crippen LogP contribution in [0.5, 0.6) is 0 Å². The number of hydrogen-bond donors (Lipinski definition) is 1. The molecule has 180 valence electrons. The normalized spacial score (nSPS) is 26.4.